The molecule has 0 saturated heterocycles. The fourth-order valence-corrected chi connectivity index (χ4v) is 2.42. The Labute approximate surface area is 85.7 Å². The molecule has 1 fully saturated rings. The van der Waals surface area contributed by atoms with Gasteiger partial charge in [0.2, 0.25) is 0 Å². The number of aliphatic imine (C=N–C) groups is 1. The van der Waals surface area contributed by atoms with Crippen LogP contribution in [0.2, 0.25) is 0 Å². The molecule has 14 heavy (non-hydrogen) atoms. The van der Waals surface area contributed by atoms with Crippen molar-refractivity contribution in [3.8, 4) is 0 Å². The van der Waals surface area contributed by atoms with Gasteiger partial charge in [-0.1, -0.05) is 6.92 Å². The zero-order valence-corrected chi connectivity index (χ0v) is 8.91. The molecule has 3 nitrogen and oxygen atoms in total. The maximum atomic E-state index is 5.81. The van der Waals surface area contributed by atoms with Crippen LogP contribution in [0.1, 0.15) is 39.0 Å². The molecule has 0 radical (unpaired) electrons. The third-order valence-corrected chi connectivity index (χ3v) is 3.26. The number of hydrogen-bond donors (Lipinski definition) is 1. The summed E-state index contributed by atoms with van der Waals surface area (Å²) >= 11 is 0. The first-order valence-electron chi connectivity index (χ1n) is 5.77. The van der Waals surface area contributed by atoms with Gasteiger partial charge in [-0.2, -0.15) is 0 Å². The lowest BCUT2D eigenvalue weighted by Crippen LogP contribution is -2.33. The van der Waals surface area contributed by atoms with E-state index in [0.717, 1.165) is 38.1 Å². The smallest absolute Gasteiger partial charge is 0.183 e. The van der Waals surface area contributed by atoms with Crippen LogP contribution in [-0.4, -0.2) is 24.6 Å². The topological polar surface area (TPSA) is 47.6 Å². The third-order valence-electron chi connectivity index (χ3n) is 3.26. The predicted molar refractivity (Wildman–Crippen MR) is 57.4 cm³/mol. The van der Waals surface area contributed by atoms with Crippen molar-refractivity contribution < 1.29 is 4.74 Å². The number of fused-ring (bicyclic) bond motifs is 1. The fourth-order valence-electron chi connectivity index (χ4n) is 2.42. The number of nitrogens with two attached hydrogens (primary N) is 1. The monoisotopic (exact) mass is 196 g/mol. The Hall–Kier alpha value is -0.570. The summed E-state index contributed by atoms with van der Waals surface area (Å²) in [5.74, 6) is 1.66. The Bertz CT molecular complexity index is 227. The van der Waals surface area contributed by atoms with Crippen LogP contribution in [0.4, 0.5) is 0 Å². The van der Waals surface area contributed by atoms with Crippen LogP contribution in [0.3, 0.4) is 0 Å². The molecule has 1 heterocycles. The molecule has 0 aromatic carbocycles. The summed E-state index contributed by atoms with van der Waals surface area (Å²) in [5.41, 5.74) is 5.69. The minimum Gasteiger partial charge on any atom is -0.475 e. The highest BCUT2D eigenvalue weighted by molar-refractivity contribution is 5.78. The van der Waals surface area contributed by atoms with E-state index in [4.69, 9.17) is 10.5 Å². The van der Waals surface area contributed by atoms with Crippen LogP contribution in [0.15, 0.2) is 4.99 Å². The van der Waals surface area contributed by atoms with E-state index in [1.807, 2.05) is 0 Å². The zero-order valence-electron chi connectivity index (χ0n) is 8.91. The van der Waals surface area contributed by atoms with Gasteiger partial charge in [-0.05, 0) is 38.1 Å². The Morgan fingerprint density at radius 2 is 2.36 bits per heavy atom. The highest BCUT2D eigenvalue weighted by Gasteiger charge is 2.35. The molecule has 1 aliphatic carbocycles. The second kappa shape index (κ2) is 4.30. The highest BCUT2D eigenvalue weighted by Crippen LogP contribution is 2.32. The van der Waals surface area contributed by atoms with Crippen molar-refractivity contribution in [2.24, 2.45) is 16.6 Å². The van der Waals surface area contributed by atoms with E-state index in [-0.39, 0.29) is 0 Å². The minimum absolute atomic E-state index is 0.374. The fraction of sp³-hybridized carbons (Fsp3) is 0.909. The summed E-state index contributed by atoms with van der Waals surface area (Å²) in [4.78, 5) is 4.64. The summed E-state index contributed by atoms with van der Waals surface area (Å²) in [5, 5.41) is 0. The third kappa shape index (κ3) is 1.92. The van der Waals surface area contributed by atoms with E-state index in [1.165, 1.54) is 6.42 Å². The molecule has 0 spiro atoms. The van der Waals surface area contributed by atoms with E-state index in [0.29, 0.717) is 18.1 Å². The van der Waals surface area contributed by atoms with Gasteiger partial charge in [0.25, 0.3) is 0 Å². The normalized spacial score (nSPS) is 36.1. The number of nitrogens with zero attached hydrogens (tertiary/aromatic N) is 1. The SMILES string of the molecule is CCCC1=NC2CC(CN)CCC2O1. The molecule has 80 valence electrons. The number of hydrogen-bond acceptors (Lipinski definition) is 3. The van der Waals surface area contributed by atoms with Crippen molar-refractivity contribution in [2.75, 3.05) is 6.54 Å². The molecule has 2 aliphatic rings. The first kappa shape index (κ1) is 9.97. The molecule has 2 N–H and O–H groups in total. The first-order valence-corrected chi connectivity index (χ1v) is 5.77. The van der Waals surface area contributed by atoms with Crippen LogP contribution < -0.4 is 5.73 Å². The van der Waals surface area contributed by atoms with Gasteiger partial charge in [-0.15, -0.1) is 0 Å². The maximum Gasteiger partial charge on any atom is 0.183 e. The largest absolute Gasteiger partial charge is 0.475 e. The van der Waals surface area contributed by atoms with Crippen LogP contribution in [0.5, 0.6) is 0 Å². The molecule has 3 atom stereocenters. The Morgan fingerprint density at radius 1 is 1.50 bits per heavy atom. The summed E-state index contributed by atoms with van der Waals surface area (Å²) < 4.78 is 5.81. The predicted octanol–water partition coefficient (Wildman–Crippen LogP) is 1.71. The number of ether oxygens (including phenoxy) is 1. The van der Waals surface area contributed by atoms with Gasteiger partial charge < -0.3 is 10.5 Å². The molecule has 1 saturated carbocycles. The average molecular weight is 196 g/mol. The van der Waals surface area contributed by atoms with Crippen molar-refractivity contribution in [3.05, 3.63) is 0 Å². The second-order valence-corrected chi connectivity index (χ2v) is 4.41. The van der Waals surface area contributed by atoms with Crippen molar-refractivity contribution >= 4 is 5.90 Å². The lowest BCUT2D eigenvalue weighted by Gasteiger charge is -2.28. The molecule has 3 heteroatoms. The van der Waals surface area contributed by atoms with Crippen molar-refractivity contribution in [3.63, 3.8) is 0 Å². The lowest BCUT2D eigenvalue weighted by molar-refractivity contribution is 0.127. The van der Waals surface area contributed by atoms with E-state index in [9.17, 15) is 0 Å². The summed E-state index contributed by atoms with van der Waals surface area (Å²) in [7, 11) is 0. The molecule has 0 bridgehead atoms. The van der Waals surface area contributed by atoms with Crippen molar-refractivity contribution in [2.45, 2.75) is 51.2 Å². The average Bonchev–Trinajstić information content (AvgIpc) is 2.59. The first-order chi connectivity index (χ1) is 6.83. The van der Waals surface area contributed by atoms with Gasteiger partial charge in [-0.25, -0.2) is 4.99 Å². The van der Waals surface area contributed by atoms with Crippen molar-refractivity contribution in [1.29, 1.82) is 0 Å². The Balaban J connectivity index is 1.93. The van der Waals surface area contributed by atoms with Gasteiger partial charge in [0.15, 0.2) is 5.90 Å². The van der Waals surface area contributed by atoms with E-state index in [1.54, 1.807) is 0 Å². The molecular weight excluding hydrogens is 176 g/mol. The van der Waals surface area contributed by atoms with Crippen LogP contribution >= 0.6 is 0 Å². The van der Waals surface area contributed by atoms with Gasteiger partial charge in [0.1, 0.15) is 6.10 Å². The molecule has 1 aliphatic heterocycles. The minimum atomic E-state index is 0.374. The maximum absolute atomic E-state index is 5.81. The Morgan fingerprint density at radius 3 is 3.07 bits per heavy atom. The lowest BCUT2D eigenvalue weighted by atomic mass is 9.84. The van der Waals surface area contributed by atoms with Gasteiger partial charge in [0.05, 0.1) is 6.04 Å². The molecule has 3 unspecified atom stereocenters. The zero-order chi connectivity index (χ0) is 9.97. The summed E-state index contributed by atoms with van der Waals surface area (Å²) in [6.45, 7) is 2.97. The van der Waals surface area contributed by atoms with Crippen LogP contribution in [0.25, 0.3) is 0 Å². The highest BCUT2D eigenvalue weighted by atomic mass is 16.5. The van der Waals surface area contributed by atoms with E-state index >= 15 is 0 Å². The van der Waals surface area contributed by atoms with Crippen LogP contribution in [-0.2, 0) is 4.74 Å². The second-order valence-electron chi connectivity index (χ2n) is 4.41. The van der Waals surface area contributed by atoms with E-state index < -0.39 is 0 Å². The summed E-state index contributed by atoms with van der Waals surface area (Å²) in [6, 6.07) is 0.416. The number of rotatable bonds is 3. The van der Waals surface area contributed by atoms with Gasteiger partial charge >= 0.3 is 0 Å². The molecular formula is C11H20N2O. The quantitative estimate of drug-likeness (QED) is 0.747. The molecule has 0 aromatic heterocycles. The summed E-state index contributed by atoms with van der Waals surface area (Å²) in [6.07, 6.45) is 5.99. The van der Waals surface area contributed by atoms with Gasteiger partial charge in [0, 0.05) is 6.42 Å². The van der Waals surface area contributed by atoms with Crippen LogP contribution in [0, 0.1) is 5.92 Å². The molecule has 0 amide bonds. The van der Waals surface area contributed by atoms with E-state index in [2.05, 4.69) is 11.9 Å². The molecule has 0 aromatic rings. The van der Waals surface area contributed by atoms with Gasteiger partial charge in [-0.3, -0.25) is 0 Å². The molecule has 2 rings (SSSR count). The standard InChI is InChI=1S/C11H20N2O/c1-2-3-11-13-9-6-8(7-12)4-5-10(9)14-11/h8-10H,2-7,12H2,1H3. The Kier molecular flexibility index (Phi) is 3.06. The van der Waals surface area contributed by atoms with Crippen molar-refractivity contribution in [1.82, 2.24) is 0 Å².